The van der Waals surface area contributed by atoms with Gasteiger partial charge in [0.05, 0.1) is 0 Å². The van der Waals surface area contributed by atoms with Crippen LogP contribution in [0.5, 0.6) is 0 Å². The second-order valence-corrected chi connectivity index (χ2v) is 7.31. The van der Waals surface area contributed by atoms with Crippen molar-refractivity contribution in [3.8, 4) is 0 Å². The van der Waals surface area contributed by atoms with Crippen LogP contribution < -0.4 is 5.32 Å². The second kappa shape index (κ2) is 6.76. The lowest BCUT2D eigenvalue weighted by Gasteiger charge is -2.36. The zero-order chi connectivity index (χ0) is 13.9. The van der Waals surface area contributed by atoms with E-state index < -0.39 is 0 Å². The monoisotopic (exact) mass is 279 g/mol. The highest BCUT2D eigenvalue weighted by molar-refractivity contribution is 4.92. The van der Waals surface area contributed by atoms with Gasteiger partial charge in [-0.1, -0.05) is 19.8 Å². The van der Waals surface area contributed by atoms with E-state index in [0.717, 1.165) is 30.6 Å². The Kier molecular flexibility index (Phi) is 5.00. The summed E-state index contributed by atoms with van der Waals surface area (Å²) in [5.41, 5.74) is 0. The van der Waals surface area contributed by atoms with Crippen molar-refractivity contribution in [3.05, 3.63) is 0 Å². The highest BCUT2D eigenvalue weighted by Crippen LogP contribution is 2.30. The number of likely N-dealkylation sites (tertiary alicyclic amines) is 1. The Morgan fingerprint density at radius 2 is 1.80 bits per heavy atom. The average molecular weight is 279 g/mol. The molecule has 1 N–H and O–H groups in total. The molecule has 1 saturated carbocycles. The Hall–Kier alpha value is -0.120. The van der Waals surface area contributed by atoms with Crippen LogP contribution in [0.1, 0.15) is 51.9 Å². The largest absolute Gasteiger partial charge is 0.314 e. The van der Waals surface area contributed by atoms with Gasteiger partial charge in [0.2, 0.25) is 0 Å². The SMILES string of the molecule is CCNC1CCCCC1CN1CCC2CCC(C1)N2C. The predicted molar refractivity (Wildman–Crippen MR) is 85.1 cm³/mol. The molecule has 20 heavy (non-hydrogen) atoms. The molecule has 0 aromatic rings. The van der Waals surface area contributed by atoms with Gasteiger partial charge in [0, 0.05) is 31.2 Å². The van der Waals surface area contributed by atoms with E-state index >= 15 is 0 Å². The van der Waals surface area contributed by atoms with Gasteiger partial charge in [0.15, 0.2) is 0 Å². The Labute approximate surface area is 125 Å². The van der Waals surface area contributed by atoms with Gasteiger partial charge in [-0.15, -0.1) is 0 Å². The van der Waals surface area contributed by atoms with E-state index in [1.807, 2.05) is 0 Å². The van der Waals surface area contributed by atoms with Crippen molar-refractivity contribution in [1.29, 1.82) is 0 Å². The second-order valence-electron chi connectivity index (χ2n) is 7.31. The molecule has 0 aromatic carbocycles. The molecule has 2 bridgehead atoms. The fourth-order valence-corrected chi connectivity index (χ4v) is 4.83. The van der Waals surface area contributed by atoms with Crippen molar-refractivity contribution in [2.45, 2.75) is 70.0 Å². The number of nitrogens with one attached hydrogen (secondary N) is 1. The van der Waals surface area contributed by atoms with Crippen LogP contribution in [0.3, 0.4) is 0 Å². The standard InChI is InChI=1S/C17H33N3/c1-3-18-17-7-5-4-6-14(17)12-20-11-10-15-8-9-16(13-20)19(15)2/h14-18H,3-13H2,1-2H3. The third-order valence-corrected chi connectivity index (χ3v) is 6.10. The summed E-state index contributed by atoms with van der Waals surface area (Å²) in [5, 5.41) is 3.75. The molecule has 3 aliphatic rings. The molecule has 0 amide bonds. The fraction of sp³-hybridized carbons (Fsp3) is 1.00. The van der Waals surface area contributed by atoms with Gasteiger partial charge >= 0.3 is 0 Å². The number of nitrogens with zero attached hydrogens (tertiary/aromatic N) is 2. The summed E-state index contributed by atoms with van der Waals surface area (Å²) in [7, 11) is 2.36. The molecule has 4 unspecified atom stereocenters. The molecular weight excluding hydrogens is 246 g/mol. The van der Waals surface area contributed by atoms with Crippen molar-refractivity contribution in [1.82, 2.24) is 15.1 Å². The highest BCUT2D eigenvalue weighted by atomic mass is 15.3. The molecule has 4 atom stereocenters. The van der Waals surface area contributed by atoms with Crippen LogP contribution in [0, 0.1) is 5.92 Å². The molecule has 2 saturated heterocycles. The van der Waals surface area contributed by atoms with Gasteiger partial charge in [-0.05, 0) is 58.2 Å². The normalized spacial score (nSPS) is 39.9. The Bertz CT molecular complexity index is 305. The molecule has 1 aliphatic carbocycles. The highest BCUT2D eigenvalue weighted by Gasteiger charge is 2.36. The first-order chi connectivity index (χ1) is 9.78. The molecule has 2 heterocycles. The third kappa shape index (κ3) is 3.20. The molecular formula is C17H33N3. The van der Waals surface area contributed by atoms with Crippen LogP contribution in [0.2, 0.25) is 0 Å². The quantitative estimate of drug-likeness (QED) is 0.852. The lowest BCUT2D eigenvalue weighted by atomic mass is 9.84. The third-order valence-electron chi connectivity index (χ3n) is 6.10. The molecule has 0 aromatic heterocycles. The summed E-state index contributed by atoms with van der Waals surface area (Å²) in [4.78, 5) is 5.46. The van der Waals surface area contributed by atoms with E-state index in [1.54, 1.807) is 0 Å². The summed E-state index contributed by atoms with van der Waals surface area (Å²) in [5.74, 6) is 0.894. The average Bonchev–Trinajstić information content (AvgIpc) is 2.69. The van der Waals surface area contributed by atoms with E-state index in [1.165, 1.54) is 64.6 Å². The molecule has 3 heteroatoms. The Morgan fingerprint density at radius 3 is 2.65 bits per heavy atom. The molecule has 0 spiro atoms. The first-order valence-electron chi connectivity index (χ1n) is 8.95. The van der Waals surface area contributed by atoms with E-state index in [2.05, 4.69) is 29.1 Å². The van der Waals surface area contributed by atoms with Crippen LogP contribution >= 0.6 is 0 Å². The molecule has 0 radical (unpaired) electrons. The van der Waals surface area contributed by atoms with Crippen LogP contribution in [0.4, 0.5) is 0 Å². The van der Waals surface area contributed by atoms with Crippen molar-refractivity contribution < 1.29 is 0 Å². The molecule has 2 aliphatic heterocycles. The molecule has 116 valence electrons. The van der Waals surface area contributed by atoms with Gasteiger partial charge in [0.1, 0.15) is 0 Å². The minimum absolute atomic E-state index is 0.784. The predicted octanol–water partition coefficient (Wildman–Crippen LogP) is 2.32. The van der Waals surface area contributed by atoms with Gasteiger partial charge in [-0.25, -0.2) is 0 Å². The molecule has 3 rings (SSSR count). The van der Waals surface area contributed by atoms with E-state index in [4.69, 9.17) is 0 Å². The number of fused-ring (bicyclic) bond motifs is 2. The summed E-state index contributed by atoms with van der Waals surface area (Å²) in [6.07, 6.45) is 9.99. The Balaban J connectivity index is 1.56. The van der Waals surface area contributed by atoms with Crippen LogP contribution in [0.15, 0.2) is 0 Å². The fourth-order valence-electron chi connectivity index (χ4n) is 4.83. The maximum atomic E-state index is 3.75. The van der Waals surface area contributed by atoms with E-state index in [0.29, 0.717) is 0 Å². The maximum Gasteiger partial charge on any atom is 0.0223 e. The van der Waals surface area contributed by atoms with Crippen molar-refractivity contribution in [2.75, 3.05) is 33.2 Å². The lowest BCUT2D eigenvalue weighted by molar-refractivity contribution is 0.155. The van der Waals surface area contributed by atoms with Crippen molar-refractivity contribution in [2.24, 2.45) is 5.92 Å². The molecule has 3 nitrogen and oxygen atoms in total. The van der Waals surface area contributed by atoms with E-state index in [-0.39, 0.29) is 0 Å². The minimum Gasteiger partial charge on any atom is -0.314 e. The summed E-state index contributed by atoms with van der Waals surface area (Å²) < 4.78 is 0. The first-order valence-corrected chi connectivity index (χ1v) is 8.95. The number of rotatable bonds is 4. The van der Waals surface area contributed by atoms with Crippen LogP contribution in [-0.2, 0) is 0 Å². The first kappa shape index (κ1) is 14.8. The minimum atomic E-state index is 0.784. The summed E-state index contributed by atoms with van der Waals surface area (Å²) in [6, 6.07) is 2.50. The van der Waals surface area contributed by atoms with E-state index in [9.17, 15) is 0 Å². The summed E-state index contributed by atoms with van der Waals surface area (Å²) in [6.45, 7) is 7.39. The van der Waals surface area contributed by atoms with Crippen LogP contribution in [-0.4, -0.2) is 61.2 Å². The topological polar surface area (TPSA) is 18.5 Å². The van der Waals surface area contributed by atoms with Crippen molar-refractivity contribution >= 4 is 0 Å². The Morgan fingerprint density at radius 1 is 1.00 bits per heavy atom. The zero-order valence-electron chi connectivity index (χ0n) is 13.5. The van der Waals surface area contributed by atoms with Crippen molar-refractivity contribution in [3.63, 3.8) is 0 Å². The van der Waals surface area contributed by atoms with Crippen LogP contribution in [0.25, 0.3) is 0 Å². The summed E-state index contributed by atoms with van der Waals surface area (Å²) >= 11 is 0. The van der Waals surface area contributed by atoms with Gasteiger partial charge in [0.25, 0.3) is 0 Å². The zero-order valence-corrected chi connectivity index (χ0v) is 13.5. The lowest BCUT2D eigenvalue weighted by Crippen LogP contribution is -2.46. The smallest absolute Gasteiger partial charge is 0.0223 e. The molecule has 3 fully saturated rings. The van der Waals surface area contributed by atoms with Gasteiger partial charge in [-0.3, -0.25) is 4.90 Å². The van der Waals surface area contributed by atoms with Gasteiger partial charge < -0.3 is 10.2 Å². The van der Waals surface area contributed by atoms with Gasteiger partial charge in [-0.2, -0.15) is 0 Å². The number of hydrogen-bond donors (Lipinski definition) is 1. The number of hydrogen-bond acceptors (Lipinski definition) is 3. The maximum absolute atomic E-state index is 3.75. The number of likely N-dealkylation sites (N-methyl/N-ethyl adjacent to an activating group) is 1.